The van der Waals surface area contributed by atoms with Gasteiger partial charge < -0.3 is 9.30 Å². The molecule has 7 heteroatoms. The molecule has 1 atom stereocenters. The summed E-state index contributed by atoms with van der Waals surface area (Å²) in [7, 11) is 0. The van der Waals surface area contributed by atoms with Gasteiger partial charge in [0.2, 0.25) is 0 Å². The van der Waals surface area contributed by atoms with Crippen LogP contribution in [0, 0.1) is 0 Å². The fraction of sp³-hybridized carbons (Fsp3) is 0.320. The van der Waals surface area contributed by atoms with Gasteiger partial charge in [0, 0.05) is 28.4 Å². The first-order valence-corrected chi connectivity index (χ1v) is 10.8. The van der Waals surface area contributed by atoms with E-state index in [1.165, 1.54) is 23.6 Å². The van der Waals surface area contributed by atoms with Crippen LogP contribution in [-0.4, -0.2) is 16.5 Å². The van der Waals surface area contributed by atoms with Crippen molar-refractivity contribution in [3.05, 3.63) is 87.7 Å². The Balaban J connectivity index is 2.04. The number of alkyl halides is 3. The molecule has 0 aliphatic carbocycles. The van der Waals surface area contributed by atoms with Crippen molar-refractivity contribution >= 4 is 17.4 Å². The summed E-state index contributed by atoms with van der Waals surface area (Å²) in [4.78, 5) is 12.3. The molecule has 32 heavy (non-hydrogen) atoms. The van der Waals surface area contributed by atoms with Gasteiger partial charge in [-0.05, 0) is 50.1 Å². The van der Waals surface area contributed by atoms with Crippen LogP contribution >= 0.6 is 11.6 Å². The Hall–Kier alpha value is -2.57. The van der Waals surface area contributed by atoms with Gasteiger partial charge in [-0.2, -0.15) is 13.2 Å². The lowest BCUT2D eigenvalue weighted by Gasteiger charge is -2.21. The lowest BCUT2D eigenvalue weighted by atomic mass is 10.1. The summed E-state index contributed by atoms with van der Waals surface area (Å²) >= 11 is 5.88. The zero-order valence-corrected chi connectivity index (χ0v) is 18.9. The molecular weight excluding hydrogens is 439 g/mol. The Morgan fingerprint density at radius 2 is 1.81 bits per heavy atom. The first-order chi connectivity index (χ1) is 15.1. The maximum Gasteiger partial charge on any atom is 0.418 e. The molecule has 3 nitrogen and oxygen atoms in total. The van der Waals surface area contributed by atoms with Crippen molar-refractivity contribution in [1.82, 2.24) is 4.57 Å². The molecule has 0 saturated heterocycles. The number of benzene rings is 2. The maximum atomic E-state index is 13.9. The highest BCUT2D eigenvalue weighted by Crippen LogP contribution is 2.37. The van der Waals surface area contributed by atoms with Gasteiger partial charge in [-0.25, -0.2) is 0 Å². The predicted molar refractivity (Wildman–Crippen MR) is 120 cm³/mol. The molecule has 3 aromatic rings. The molecule has 170 valence electrons. The highest BCUT2D eigenvalue weighted by atomic mass is 35.5. The first kappa shape index (κ1) is 24.1. The van der Waals surface area contributed by atoms with Gasteiger partial charge >= 0.3 is 6.18 Å². The van der Waals surface area contributed by atoms with Gasteiger partial charge in [0.1, 0.15) is 0 Å². The Kier molecular flexibility index (Phi) is 7.47. The Morgan fingerprint density at radius 1 is 1.12 bits per heavy atom. The molecule has 0 aliphatic rings. The smallest absolute Gasteiger partial charge is 0.373 e. The summed E-state index contributed by atoms with van der Waals surface area (Å²) in [6.07, 6.45) is -4.14. The highest BCUT2D eigenvalue weighted by Gasteiger charge is 2.35. The summed E-state index contributed by atoms with van der Waals surface area (Å²) in [6, 6.07) is 15.0. The molecule has 0 fully saturated rings. The zero-order chi connectivity index (χ0) is 23.5. The van der Waals surface area contributed by atoms with Gasteiger partial charge in [-0.15, -0.1) is 0 Å². The van der Waals surface area contributed by atoms with E-state index in [2.05, 4.69) is 0 Å². The number of hydrogen-bond acceptors (Lipinski definition) is 2. The molecule has 0 radical (unpaired) electrons. The van der Waals surface area contributed by atoms with E-state index in [0.29, 0.717) is 36.4 Å². The van der Waals surface area contributed by atoms with Crippen molar-refractivity contribution in [2.75, 3.05) is 0 Å². The van der Waals surface area contributed by atoms with Crippen LogP contribution in [0.5, 0.6) is 0 Å². The van der Waals surface area contributed by atoms with Gasteiger partial charge in [0.25, 0.3) is 0 Å². The van der Waals surface area contributed by atoms with Gasteiger partial charge in [-0.3, -0.25) is 4.79 Å². The van der Waals surface area contributed by atoms with Crippen molar-refractivity contribution in [2.45, 2.75) is 52.5 Å². The minimum atomic E-state index is -4.60. The van der Waals surface area contributed by atoms with Gasteiger partial charge in [-0.1, -0.05) is 48.9 Å². The molecule has 0 unspecified atom stereocenters. The van der Waals surface area contributed by atoms with Crippen LogP contribution in [0.15, 0.2) is 54.6 Å². The summed E-state index contributed by atoms with van der Waals surface area (Å²) in [5, 5.41) is -0.000756. The number of aromatic nitrogens is 1. The topological polar surface area (TPSA) is 31.2 Å². The van der Waals surface area contributed by atoms with Crippen LogP contribution in [0.25, 0.3) is 5.69 Å². The van der Waals surface area contributed by atoms with Crippen LogP contribution in [0.1, 0.15) is 53.6 Å². The summed E-state index contributed by atoms with van der Waals surface area (Å²) < 4.78 is 49.0. The molecule has 0 amide bonds. The average Bonchev–Trinajstić information content (AvgIpc) is 3.10. The van der Waals surface area contributed by atoms with Crippen molar-refractivity contribution in [3.8, 4) is 5.69 Å². The number of halogens is 4. The fourth-order valence-electron chi connectivity index (χ4n) is 3.81. The van der Waals surface area contributed by atoms with E-state index >= 15 is 0 Å². The Morgan fingerprint density at radius 3 is 2.41 bits per heavy atom. The second-order valence-corrected chi connectivity index (χ2v) is 8.15. The van der Waals surface area contributed by atoms with Crippen LogP contribution in [-0.2, 0) is 30.4 Å². The Labute approximate surface area is 190 Å². The van der Waals surface area contributed by atoms with Gasteiger partial charge in [0.15, 0.2) is 5.78 Å². The third-order valence-electron chi connectivity index (χ3n) is 5.27. The second-order valence-electron chi connectivity index (χ2n) is 7.71. The van der Waals surface area contributed by atoms with Crippen molar-refractivity contribution in [2.24, 2.45) is 0 Å². The number of ketones is 1. The van der Waals surface area contributed by atoms with E-state index in [9.17, 15) is 18.0 Å². The Bertz CT molecular complexity index is 1090. The number of hydrogen-bond donors (Lipinski definition) is 0. The largest absolute Gasteiger partial charge is 0.418 e. The molecule has 2 aromatic carbocycles. The molecule has 0 spiro atoms. The number of carbonyl (C=O) groups excluding carboxylic acids is 1. The van der Waals surface area contributed by atoms with E-state index in [-0.39, 0.29) is 22.6 Å². The zero-order valence-electron chi connectivity index (χ0n) is 18.2. The average molecular weight is 464 g/mol. The monoisotopic (exact) mass is 463 g/mol. The van der Waals surface area contributed by atoms with Crippen LogP contribution < -0.4 is 0 Å². The van der Waals surface area contributed by atoms with E-state index in [0.717, 1.165) is 11.6 Å². The molecule has 0 bridgehead atoms. The quantitative estimate of drug-likeness (QED) is 0.335. The first-order valence-electron chi connectivity index (χ1n) is 10.4. The summed E-state index contributed by atoms with van der Waals surface area (Å²) in [6.45, 7) is 5.49. The van der Waals surface area contributed by atoms with Crippen LogP contribution in [0.4, 0.5) is 13.2 Å². The lowest BCUT2D eigenvalue weighted by molar-refractivity contribution is -0.137. The molecule has 0 aliphatic heterocycles. The minimum Gasteiger partial charge on any atom is -0.373 e. The predicted octanol–water partition coefficient (Wildman–Crippen LogP) is 7.06. The number of Topliss-reactive ketones (excluding diaryl/α,β-unsaturated/α-hetero) is 1. The third kappa shape index (κ3) is 5.43. The van der Waals surface area contributed by atoms with E-state index in [1.807, 2.05) is 44.2 Å². The number of ether oxygens (including phenoxy) is 1. The number of rotatable bonds is 8. The molecule has 3 rings (SSSR count). The van der Waals surface area contributed by atoms with Gasteiger partial charge in [0.05, 0.1) is 24.0 Å². The van der Waals surface area contributed by atoms with Crippen LogP contribution in [0.2, 0.25) is 5.02 Å². The standard InChI is InChI=1S/C25H25ClF3NO2/c1-4-23-21(17(3)31)14-20(12-16(2)32-15-18-8-6-5-7-9-18)30(23)24-11-10-19(26)13-22(24)25(27,28)29/h5-11,13-14,16H,4,12,15H2,1-3H3/t16-/m0/s1. The molecule has 1 aromatic heterocycles. The lowest BCUT2D eigenvalue weighted by Crippen LogP contribution is -2.18. The van der Waals surface area contributed by atoms with Crippen molar-refractivity contribution < 1.29 is 22.7 Å². The second kappa shape index (κ2) is 9.92. The summed E-state index contributed by atoms with van der Waals surface area (Å²) in [5.74, 6) is -0.192. The highest BCUT2D eigenvalue weighted by molar-refractivity contribution is 6.30. The fourth-order valence-corrected chi connectivity index (χ4v) is 3.98. The minimum absolute atomic E-state index is 0.000756. The number of carbonyl (C=O) groups is 1. The van der Waals surface area contributed by atoms with E-state index in [1.54, 1.807) is 6.07 Å². The third-order valence-corrected chi connectivity index (χ3v) is 5.51. The maximum absolute atomic E-state index is 13.9. The van der Waals surface area contributed by atoms with E-state index in [4.69, 9.17) is 16.3 Å². The van der Waals surface area contributed by atoms with Crippen LogP contribution in [0.3, 0.4) is 0 Å². The molecule has 1 heterocycles. The van der Waals surface area contributed by atoms with Crippen molar-refractivity contribution in [3.63, 3.8) is 0 Å². The number of nitrogens with zero attached hydrogens (tertiary/aromatic N) is 1. The molecule has 0 N–H and O–H groups in total. The SMILES string of the molecule is CCc1c(C(C)=O)cc(C[C@H](C)OCc2ccccc2)n1-c1ccc(Cl)cc1C(F)(F)F. The summed E-state index contributed by atoms with van der Waals surface area (Å²) in [5.41, 5.74) is 1.66. The molecular formula is C25H25ClF3NO2. The molecule has 0 saturated carbocycles. The van der Waals surface area contributed by atoms with E-state index < -0.39 is 11.7 Å². The van der Waals surface area contributed by atoms with Crippen molar-refractivity contribution in [1.29, 1.82) is 0 Å². The normalized spacial score (nSPS) is 12.7.